The number of nitrogens with zero attached hydrogens (tertiary/aromatic N) is 1. The summed E-state index contributed by atoms with van der Waals surface area (Å²) in [5, 5.41) is 13.0. The van der Waals surface area contributed by atoms with E-state index in [9.17, 15) is 9.90 Å². The van der Waals surface area contributed by atoms with Crippen molar-refractivity contribution in [1.82, 2.24) is 10.2 Å². The Kier molecular flexibility index (Phi) is 5.59. The third kappa shape index (κ3) is 4.19. The number of hydrogen-bond acceptors (Lipinski definition) is 4. The second-order valence-electron chi connectivity index (χ2n) is 5.48. The van der Waals surface area contributed by atoms with Crippen LogP contribution in [0.3, 0.4) is 0 Å². The summed E-state index contributed by atoms with van der Waals surface area (Å²) >= 11 is 0. The molecule has 1 unspecified atom stereocenters. The van der Waals surface area contributed by atoms with Gasteiger partial charge in [-0.2, -0.15) is 0 Å². The number of carbonyl (C=O) groups excluding carboxylic acids is 1. The number of piperidine rings is 1. The number of likely N-dealkylation sites (tertiary alicyclic amines) is 1. The number of benzene rings is 1. The maximum Gasteiger partial charge on any atom is 0.222 e. The van der Waals surface area contributed by atoms with Crippen LogP contribution < -0.4 is 10.1 Å². The molecule has 116 valence electrons. The Morgan fingerprint density at radius 1 is 1.48 bits per heavy atom. The lowest BCUT2D eigenvalue weighted by Crippen LogP contribution is -2.41. The number of carbonyl (C=O) groups is 1. The molecule has 0 radical (unpaired) electrons. The van der Waals surface area contributed by atoms with Crippen LogP contribution in [-0.2, 0) is 4.79 Å². The van der Waals surface area contributed by atoms with Gasteiger partial charge >= 0.3 is 0 Å². The molecule has 0 bridgehead atoms. The van der Waals surface area contributed by atoms with Crippen molar-refractivity contribution in [2.45, 2.75) is 18.9 Å². The van der Waals surface area contributed by atoms with Crippen LogP contribution >= 0.6 is 0 Å². The van der Waals surface area contributed by atoms with Crippen LogP contribution in [0.5, 0.6) is 5.75 Å². The number of hydrogen-bond donors (Lipinski definition) is 2. The fraction of sp³-hybridized carbons (Fsp3) is 0.562. The fourth-order valence-corrected chi connectivity index (χ4v) is 2.78. The topological polar surface area (TPSA) is 61.8 Å². The SMILES string of the molecule is CNC(=O)C1CCN(CC(O)c2cccc(OC)c2)CC1. The van der Waals surface area contributed by atoms with Gasteiger partial charge in [0.05, 0.1) is 13.2 Å². The predicted octanol–water partition coefficient (Wildman–Crippen LogP) is 1.19. The first kappa shape index (κ1) is 15.8. The molecular weight excluding hydrogens is 268 g/mol. The molecule has 1 amide bonds. The van der Waals surface area contributed by atoms with Crippen LogP contribution in [0.2, 0.25) is 0 Å². The quantitative estimate of drug-likeness (QED) is 0.856. The molecule has 2 rings (SSSR count). The number of rotatable bonds is 5. The number of nitrogens with one attached hydrogen (secondary N) is 1. The summed E-state index contributed by atoms with van der Waals surface area (Å²) in [5.74, 6) is 0.994. The Balaban J connectivity index is 1.86. The van der Waals surface area contributed by atoms with Gasteiger partial charge in [0.2, 0.25) is 5.91 Å². The van der Waals surface area contributed by atoms with E-state index in [4.69, 9.17) is 4.74 Å². The second-order valence-corrected chi connectivity index (χ2v) is 5.48. The van der Waals surface area contributed by atoms with Crippen LogP contribution in [0.4, 0.5) is 0 Å². The number of amides is 1. The lowest BCUT2D eigenvalue weighted by Gasteiger charge is -2.32. The molecule has 2 N–H and O–H groups in total. The summed E-state index contributed by atoms with van der Waals surface area (Å²) in [4.78, 5) is 13.8. The van der Waals surface area contributed by atoms with Gasteiger partial charge in [0.1, 0.15) is 5.75 Å². The van der Waals surface area contributed by atoms with Crippen molar-refractivity contribution in [3.8, 4) is 5.75 Å². The molecule has 1 aromatic carbocycles. The van der Waals surface area contributed by atoms with E-state index in [1.165, 1.54) is 0 Å². The number of methoxy groups -OCH3 is 1. The summed E-state index contributed by atoms with van der Waals surface area (Å²) in [7, 11) is 3.30. The first-order valence-electron chi connectivity index (χ1n) is 7.40. The van der Waals surface area contributed by atoms with Crippen LogP contribution in [0, 0.1) is 5.92 Å². The maximum atomic E-state index is 11.6. The van der Waals surface area contributed by atoms with Crippen LogP contribution in [0.1, 0.15) is 24.5 Å². The van der Waals surface area contributed by atoms with E-state index in [2.05, 4.69) is 10.2 Å². The number of aliphatic hydroxyl groups excluding tert-OH is 1. The molecule has 1 aromatic rings. The lowest BCUT2D eigenvalue weighted by molar-refractivity contribution is -0.126. The molecule has 1 heterocycles. The van der Waals surface area contributed by atoms with Crippen molar-refractivity contribution in [2.24, 2.45) is 5.92 Å². The summed E-state index contributed by atoms with van der Waals surface area (Å²) < 4.78 is 5.18. The Labute approximate surface area is 125 Å². The monoisotopic (exact) mass is 292 g/mol. The van der Waals surface area contributed by atoms with Gasteiger partial charge < -0.3 is 20.1 Å². The van der Waals surface area contributed by atoms with E-state index in [0.29, 0.717) is 6.54 Å². The standard InChI is InChI=1S/C16H24N2O3/c1-17-16(20)12-6-8-18(9-7-12)11-15(19)13-4-3-5-14(10-13)21-2/h3-5,10,12,15,19H,6-9,11H2,1-2H3,(H,17,20). The Morgan fingerprint density at radius 3 is 2.81 bits per heavy atom. The molecule has 1 atom stereocenters. The molecule has 1 aliphatic rings. The van der Waals surface area contributed by atoms with Gasteiger partial charge in [0.15, 0.2) is 0 Å². The summed E-state index contributed by atoms with van der Waals surface area (Å²) in [5.41, 5.74) is 0.864. The Hall–Kier alpha value is -1.59. The maximum absolute atomic E-state index is 11.6. The first-order valence-corrected chi connectivity index (χ1v) is 7.40. The molecule has 5 heteroatoms. The number of ether oxygens (including phenoxy) is 1. The van der Waals surface area contributed by atoms with Crippen molar-refractivity contribution in [1.29, 1.82) is 0 Å². The van der Waals surface area contributed by atoms with E-state index < -0.39 is 6.10 Å². The zero-order valence-electron chi connectivity index (χ0n) is 12.7. The molecule has 0 aliphatic carbocycles. The Bertz CT molecular complexity index is 470. The van der Waals surface area contributed by atoms with E-state index in [1.807, 2.05) is 24.3 Å². The van der Waals surface area contributed by atoms with Gasteiger partial charge in [-0.1, -0.05) is 12.1 Å². The minimum atomic E-state index is -0.531. The minimum absolute atomic E-state index is 0.111. The van der Waals surface area contributed by atoms with Crippen LogP contribution in [0.15, 0.2) is 24.3 Å². The molecule has 1 saturated heterocycles. The van der Waals surface area contributed by atoms with Gasteiger partial charge in [0.25, 0.3) is 0 Å². The predicted molar refractivity (Wildman–Crippen MR) is 81.2 cm³/mol. The largest absolute Gasteiger partial charge is 0.497 e. The highest BCUT2D eigenvalue weighted by molar-refractivity contribution is 5.78. The van der Waals surface area contributed by atoms with Gasteiger partial charge in [-0.15, -0.1) is 0 Å². The Morgan fingerprint density at radius 2 is 2.19 bits per heavy atom. The fourth-order valence-electron chi connectivity index (χ4n) is 2.78. The van der Waals surface area contributed by atoms with Gasteiger partial charge in [-0.3, -0.25) is 4.79 Å². The molecule has 0 aromatic heterocycles. The van der Waals surface area contributed by atoms with E-state index in [-0.39, 0.29) is 11.8 Å². The van der Waals surface area contributed by atoms with Crippen molar-refractivity contribution >= 4 is 5.91 Å². The van der Waals surface area contributed by atoms with Crippen LogP contribution in [0.25, 0.3) is 0 Å². The molecular formula is C16H24N2O3. The highest BCUT2D eigenvalue weighted by atomic mass is 16.5. The molecule has 5 nitrogen and oxygen atoms in total. The second kappa shape index (κ2) is 7.43. The molecule has 0 saturated carbocycles. The van der Waals surface area contributed by atoms with Crippen LogP contribution in [-0.4, -0.2) is 49.7 Å². The lowest BCUT2D eigenvalue weighted by atomic mass is 9.95. The van der Waals surface area contributed by atoms with E-state index in [1.54, 1.807) is 14.2 Å². The average Bonchev–Trinajstić information content (AvgIpc) is 2.54. The smallest absolute Gasteiger partial charge is 0.222 e. The highest BCUT2D eigenvalue weighted by Crippen LogP contribution is 2.23. The van der Waals surface area contributed by atoms with Crippen molar-refractivity contribution in [2.75, 3.05) is 33.8 Å². The number of β-amino-alcohol motifs (C(OH)–C–C–N with tert-alkyl or cyclic N) is 1. The third-order valence-electron chi connectivity index (χ3n) is 4.11. The molecule has 1 fully saturated rings. The average molecular weight is 292 g/mol. The highest BCUT2D eigenvalue weighted by Gasteiger charge is 2.25. The van der Waals surface area contributed by atoms with E-state index in [0.717, 1.165) is 37.2 Å². The minimum Gasteiger partial charge on any atom is -0.497 e. The number of aliphatic hydroxyl groups is 1. The van der Waals surface area contributed by atoms with Crippen molar-refractivity contribution < 1.29 is 14.6 Å². The normalized spacial score (nSPS) is 18.2. The van der Waals surface area contributed by atoms with Gasteiger partial charge in [-0.25, -0.2) is 0 Å². The van der Waals surface area contributed by atoms with Crippen molar-refractivity contribution in [3.05, 3.63) is 29.8 Å². The third-order valence-corrected chi connectivity index (χ3v) is 4.11. The first-order chi connectivity index (χ1) is 10.1. The molecule has 1 aliphatic heterocycles. The summed E-state index contributed by atoms with van der Waals surface area (Å²) in [6.07, 6.45) is 1.17. The molecule has 21 heavy (non-hydrogen) atoms. The van der Waals surface area contributed by atoms with E-state index >= 15 is 0 Å². The zero-order valence-corrected chi connectivity index (χ0v) is 12.7. The van der Waals surface area contributed by atoms with Gasteiger partial charge in [0, 0.05) is 19.5 Å². The van der Waals surface area contributed by atoms with Gasteiger partial charge in [-0.05, 0) is 43.6 Å². The summed E-state index contributed by atoms with van der Waals surface area (Å²) in [6.45, 7) is 2.28. The van der Waals surface area contributed by atoms with Crippen molar-refractivity contribution in [3.63, 3.8) is 0 Å². The summed E-state index contributed by atoms with van der Waals surface area (Å²) in [6, 6.07) is 7.52. The zero-order chi connectivity index (χ0) is 15.2. The molecule has 0 spiro atoms.